The molecule has 0 fully saturated rings. The van der Waals surface area contributed by atoms with E-state index < -0.39 is 11.7 Å². The fourth-order valence-electron chi connectivity index (χ4n) is 1.82. The summed E-state index contributed by atoms with van der Waals surface area (Å²) in [5, 5.41) is 6.68. The summed E-state index contributed by atoms with van der Waals surface area (Å²) in [4.78, 5) is 23.9. The van der Waals surface area contributed by atoms with Gasteiger partial charge >= 0.3 is 11.7 Å². The van der Waals surface area contributed by atoms with Gasteiger partial charge in [-0.15, -0.1) is 9.78 Å². The molecule has 106 valence electrons. The first kappa shape index (κ1) is 14.5. The number of halogens is 1. The van der Waals surface area contributed by atoms with Crippen molar-refractivity contribution in [1.82, 2.24) is 19.7 Å². The van der Waals surface area contributed by atoms with Crippen molar-refractivity contribution >= 4 is 22.0 Å². The molecular weight excluding hydrogens is 324 g/mol. The summed E-state index contributed by atoms with van der Waals surface area (Å²) in [7, 11) is 1.58. The van der Waals surface area contributed by atoms with Gasteiger partial charge in [0.1, 0.15) is 5.82 Å². The number of hydrogen-bond acceptors (Lipinski definition) is 3. The molecule has 0 spiro atoms. The van der Waals surface area contributed by atoms with Crippen LogP contribution in [0.3, 0.4) is 0 Å². The molecule has 0 bridgehead atoms. The highest BCUT2D eigenvalue weighted by Crippen LogP contribution is 2.22. The third-order valence-electron chi connectivity index (χ3n) is 3.10. The number of nitrogens with one attached hydrogen (secondary N) is 1. The lowest BCUT2D eigenvalue weighted by Crippen LogP contribution is -2.38. The van der Waals surface area contributed by atoms with E-state index in [9.17, 15) is 9.59 Å². The van der Waals surface area contributed by atoms with Crippen molar-refractivity contribution in [3.05, 3.63) is 50.6 Å². The molecule has 1 unspecified atom stereocenters. The van der Waals surface area contributed by atoms with Crippen molar-refractivity contribution in [3.63, 3.8) is 0 Å². The van der Waals surface area contributed by atoms with Gasteiger partial charge in [-0.05, 0) is 25.5 Å². The van der Waals surface area contributed by atoms with E-state index in [0.29, 0.717) is 5.82 Å². The molecule has 1 N–H and O–H groups in total. The topological polar surface area (TPSA) is 68.9 Å². The molecule has 1 aromatic carbocycles. The van der Waals surface area contributed by atoms with Crippen LogP contribution >= 0.6 is 15.9 Å². The lowest BCUT2D eigenvalue weighted by molar-refractivity contribution is 0.235. The van der Waals surface area contributed by atoms with Crippen LogP contribution < -0.4 is 11.0 Å². The summed E-state index contributed by atoms with van der Waals surface area (Å²) < 4.78 is 3.06. The zero-order chi connectivity index (χ0) is 14.9. The second-order valence-corrected chi connectivity index (χ2v) is 5.35. The number of aromatic nitrogens is 3. The normalized spacial score (nSPS) is 12.2. The molecule has 1 amide bonds. The Hall–Kier alpha value is -1.89. The van der Waals surface area contributed by atoms with E-state index in [4.69, 9.17) is 0 Å². The number of benzene rings is 1. The second kappa shape index (κ2) is 5.62. The fourth-order valence-corrected chi connectivity index (χ4v) is 2.45. The average Bonchev–Trinajstić information content (AvgIpc) is 2.67. The quantitative estimate of drug-likeness (QED) is 0.910. The Balaban J connectivity index is 2.22. The molecule has 20 heavy (non-hydrogen) atoms. The van der Waals surface area contributed by atoms with Crippen molar-refractivity contribution in [2.75, 3.05) is 0 Å². The Morgan fingerprint density at radius 3 is 2.60 bits per heavy atom. The number of aryl methyl sites for hydroxylation is 1. The third-order valence-corrected chi connectivity index (χ3v) is 3.82. The maximum Gasteiger partial charge on any atom is 0.354 e. The Bertz CT molecular complexity index is 705. The SMILES string of the molecule is Cc1nn(C(=O)NC(C)c2ccccc2Br)c(=O)n1C. The Labute approximate surface area is 124 Å². The molecule has 0 aliphatic carbocycles. The van der Waals surface area contributed by atoms with E-state index in [1.54, 1.807) is 14.0 Å². The standard InChI is InChI=1S/C13H15BrN4O2/c1-8(10-6-4-5-7-11(10)14)15-12(19)18-13(20)17(3)9(2)16-18/h4-8H,1-3H3,(H,15,19). The smallest absolute Gasteiger partial charge is 0.329 e. The average molecular weight is 339 g/mol. The Morgan fingerprint density at radius 2 is 2.05 bits per heavy atom. The lowest BCUT2D eigenvalue weighted by atomic mass is 10.1. The van der Waals surface area contributed by atoms with Gasteiger partial charge in [0.05, 0.1) is 6.04 Å². The largest absolute Gasteiger partial charge is 0.354 e. The molecule has 0 aliphatic heterocycles. The van der Waals surface area contributed by atoms with Crippen molar-refractivity contribution in [2.24, 2.45) is 7.05 Å². The van der Waals surface area contributed by atoms with Gasteiger partial charge in [0.25, 0.3) is 0 Å². The first-order valence-electron chi connectivity index (χ1n) is 6.09. The van der Waals surface area contributed by atoms with Crippen LogP contribution in [0.5, 0.6) is 0 Å². The number of amides is 1. The molecule has 0 saturated heterocycles. The predicted molar refractivity (Wildman–Crippen MR) is 78.7 cm³/mol. The predicted octanol–water partition coefficient (Wildman–Crippen LogP) is 1.97. The first-order chi connectivity index (χ1) is 9.41. The van der Waals surface area contributed by atoms with Crippen LogP contribution in [0.25, 0.3) is 0 Å². The highest BCUT2D eigenvalue weighted by atomic mass is 79.9. The van der Waals surface area contributed by atoms with Gasteiger partial charge < -0.3 is 5.32 Å². The molecule has 0 aliphatic rings. The van der Waals surface area contributed by atoms with Gasteiger partial charge in [0.2, 0.25) is 0 Å². The van der Waals surface area contributed by atoms with E-state index in [0.717, 1.165) is 14.7 Å². The van der Waals surface area contributed by atoms with Crippen molar-refractivity contribution < 1.29 is 4.79 Å². The van der Waals surface area contributed by atoms with Gasteiger partial charge in [0, 0.05) is 11.5 Å². The van der Waals surface area contributed by atoms with Gasteiger partial charge in [-0.1, -0.05) is 34.1 Å². The molecule has 0 saturated carbocycles. The maximum atomic E-state index is 12.1. The summed E-state index contributed by atoms with van der Waals surface area (Å²) in [5.74, 6) is 0.485. The molecule has 2 aromatic rings. The lowest BCUT2D eigenvalue weighted by Gasteiger charge is -2.15. The molecule has 7 heteroatoms. The molecule has 2 rings (SSSR count). The first-order valence-corrected chi connectivity index (χ1v) is 6.89. The van der Waals surface area contributed by atoms with Crippen LogP contribution in [-0.2, 0) is 7.05 Å². The van der Waals surface area contributed by atoms with E-state index >= 15 is 0 Å². The highest BCUT2D eigenvalue weighted by Gasteiger charge is 2.17. The number of rotatable bonds is 2. The van der Waals surface area contributed by atoms with Crippen molar-refractivity contribution in [3.8, 4) is 0 Å². The molecular formula is C13H15BrN4O2. The van der Waals surface area contributed by atoms with Gasteiger partial charge in [-0.2, -0.15) is 0 Å². The summed E-state index contributed by atoms with van der Waals surface area (Å²) in [6.07, 6.45) is 0. The summed E-state index contributed by atoms with van der Waals surface area (Å²) in [6, 6.07) is 6.81. The minimum Gasteiger partial charge on any atom is -0.329 e. The number of nitrogens with zero attached hydrogens (tertiary/aromatic N) is 3. The molecule has 6 nitrogen and oxygen atoms in total. The van der Waals surface area contributed by atoms with Crippen LogP contribution in [0.2, 0.25) is 0 Å². The Morgan fingerprint density at radius 1 is 1.40 bits per heavy atom. The number of carbonyl (C=O) groups is 1. The van der Waals surface area contributed by atoms with Crippen molar-refractivity contribution in [2.45, 2.75) is 19.9 Å². The van der Waals surface area contributed by atoms with E-state index in [-0.39, 0.29) is 6.04 Å². The number of carbonyl (C=O) groups excluding carboxylic acids is 1. The summed E-state index contributed by atoms with van der Waals surface area (Å²) in [5.41, 5.74) is 0.473. The van der Waals surface area contributed by atoms with Gasteiger partial charge in [0.15, 0.2) is 0 Å². The van der Waals surface area contributed by atoms with Gasteiger partial charge in [-0.25, -0.2) is 9.59 Å². The molecule has 1 atom stereocenters. The zero-order valence-corrected chi connectivity index (χ0v) is 13.0. The minimum absolute atomic E-state index is 0.243. The van der Waals surface area contributed by atoms with Crippen LogP contribution in [0.4, 0.5) is 4.79 Å². The molecule has 0 radical (unpaired) electrons. The van der Waals surface area contributed by atoms with Crippen LogP contribution in [0.1, 0.15) is 24.4 Å². The van der Waals surface area contributed by atoms with Crippen LogP contribution in [-0.4, -0.2) is 20.4 Å². The van der Waals surface area contributed by atoms with Crippen LogP contribution in [0, 0.1) is 6.92 Å². The van der Waals surface area contributed by atoms with E-state index in [1.807, 2.05) is 31.2 Å². The zero-order valence-electron chi connectivity index (χ0n) is 11.4. The summed E-state index contributed by atoms with van der Waals surface area (Å²) >= 11 is 3.43. The van der Waals surface area contributed by atoms with E-state index in [2.05, 4.69) is 26.3 Å². The Kier molecular flexibility index (Phi) is 4.08. The van der Waals surface area contributed by atoms with Gasteiger partial charge in [-0.3, -0.25) is 4.57 Å². The molecule has 1 heterocycles. The highest BCUT2D eigenvalue weighted by molar-refractivity contribution is 9.10. The monoisotopic (exact) mass is 338 g/mol. The fraction of sp³-hybridized carbons (Fsp3) is 0.308. The van der Waals surface area contributed by atoms with Crippen molar-refractivity contribution in [1.29, 1.82) is 0 Å². The second-order valence-electron chi connectivity index (χ2n) is 4.49. The molecule has 1 aromatic heterocycles. The minimum atomic E-state index is -0.540. The summed E-state index contributed by atoms with van der Waals surface area (Å²) in [6.45, 7) is 3.52. The van der Waals surface area contributed by atoms with E-state index in [1.165, 1.54) is 4.57 Å². The number of hydrogen-bond donors (Lipinski definition) is 1. The maximum absolute atomic E-state index is 12.1. The van der Waals surface area contributed by atoms with Crippen LogP contribution in [0.15, 0.2) is 33.5 Å². The third kappa shape index (κ3) is 2.67.